The summed E-state index contributed by atoms with van der Waals surface area (Å²) in [5, 5.41) is 11.6. The molecule has 2 aromatic rings. The summed E-state index contributed by atoms with van der Waals surface area (Å²) in [5.41, 5.74) is 6.28. The fourth-order valence-corrected chi connectivity index (χ4v) is 2.08. The standard InChI is InChI=1S/C13H10Cl2N2O3/c14-9-2-4-13(10(15)6-9)20-7-8-1-3-12(17(18)19)11(16)5-8/h1-6H,7,16H2. The summed E-state index contributed by atoms with van der Waals surface area (Å²) < 4.78 is 5.52. The van der Waals surface area contributed by atoms with Crippen LogP contribution in [0.4, 0.5) is 11.4 Å². The Hall–Kier alpha value is -1.98. The predicted molar refractivity (Wildman–Crippen MR) is 78.3 cm³/mol. The van der Waals surface area contributed by atoms with Crippen molar-refractivity contribution in [2.24, 2.45) is 0 Å². The highest BCUT2D eigenvalue weighted by Gasteiger charge is 2.11. The van der Waals surface area contributed by atoms with E-state index in [9.17, 15) is 10.1 Å². The second-order valence-corrected chi connectivity index (χ2v) is 4.86. The van der Waals surface area contributed by atoms with Gasteiger partial charge in [0.15, 0.2) is 0 Å². The number of nitro benzene ring substituents is 1. The molecule has 0 bridgehead atoms. The summed E-state index contributed by atoms with van der Waals surface area (Å²) in [6.45, 7) is 0.198. The lowest BCUT2D eigenvalue weighted by atomic mass is 10.2. The Morgan fingerprint density at radius 1 is 1.20 bits per heavy atom. The fraction of sp³-hybridized carbons (Fsp3) is 0.0769. The molecule has 5 nitrogen and oxygen atoms in total. The Balaban J connectivity index is 2.11. The Morgan fingerprint density at radius 2 is 1.95 bits per heavy atom. The van der Waals surface area contributed by atoms with Gasteiger partial charge in [0.1, 0.15) is 18.0 Å². The van der Waals surface area contributed by atoms with E-state index in [2.05, 4.69) is 0 Å². The van der Waals surface area contributed by atoms with Gasteiger partial charge in [-0.1, -0.05) is 23.2 Å². The molecule has 104 valence electrons. The van der Waals surface area contributed by atoms with Crippen molar-refractivity contribution in [2.45, 2.75) is 6.61 Å². The first-order valence-electron chi connectivity index (χ1n) is 5.58. The average molecular weight is 313 g/mol. The number of halogens is 2. The third-order valence-electron chi connectivity index (χ3n) is 2.58. The second-order valence-electron chi connectivity index (χ2n) is 4.01. The van der Waals surface area contributed by atoms with Crippen LogP contribution in [0.15, 0.2) is 36.4 Å². The Labute approximate surface area is 125 Å². The van der Waals surface area contributed by atoms with Crippen LogP contribution in [-0.4, -0.2) is 4.92 Å². The fourth-order valence-electron chi connectivity index (χ4n) is 1.61. The summed E-state index contributed by atoms with van der Waals surface area (Å²) in [5.74, 6) is 0.480. The molecule has 0 aliphatic carbocycles. The van der Waals surface area contributed by atoms with Crippen molar-refractivity contribution in [2.75, 3.05) is 5.73 Å². The van der Waals surface area contributed by atoms with Gasteiger partial charge in [-0.3, -0.25) is 10.1 Å². The van der Waals surface area contributed by atoms with Crippen LogP contribution in [0, 0.1) is 10.1 Å². The number of ether oxygens (including phenoxy) is 1. The van der Waals surface area contributed by atoms with Crippen LogP contribution < -0.4 is 10.5 Å². The van der Waals surface area contributed by atoms with Crippen LogP contribution in [0.1, 0.15) is 5.56 Å². The molecule has 20 heavy (non-hydrogen) atoms. The van der Waals surface area contributed by atoms with E-state index in [0.29, 0.717) is 21.4 Å². The SMILES string of the molecule is Nc1cc(COc2ccc(Cl)cc2Cl)ccc1[N+](=O)[O-]. The van der Waals surface area contributed by atoms with Gasteiger partial charge in [-0.25, -0.2) is 0 Å². The van der Waals surface area contributed by atoms with Gasteiger partial charge >= 0.3 is 0 Å². The molecule has 0 saturated carbocycles. The molecule has 0 saturated heterocycles. The molecule has 2 N–H and O–H groups in total. The maximum absolute atomic E-state index is 10.7. The molecule has 0 radical (unpaired) electrons. The van der Waals surface area contributed by atoms with Crippen LogP contribution in [0.5, 0.6) is 5.75 Å². The lowest BCUT2D eigenvalue weighted by Crippen LogP contribution is -2.00. The number of rotatable bonds is 4. The quantitative estimate of drug-likeness (QED) is 0.524. The van der Waals surface area contributed by atoms with Crippen LogP contribution in [-0.2, 0) is 6.61 Å². The Morgan fingerprint density at radius 3 is 2.55 bits per heavy atom. The third kappa shape index (κ3) is 3.31. The van der Waals surface area contributed by atoms with E-state index in [1.807, 2.05) is 0 Å². The van der Waals surface area contributed by atoms with E-state index in [-0.39, 0.29) is 18.0 Å². The first-order valence-corrected chi connectivity index (χ1v) is 6.33. The van der Waals surface area contributed by atoms with Crippen molar-refractivity contribution in [3.63, 3.8) is 0 Å². The molecule has 0 aromatic heterocycles. The van der Waals surface area contributed by atoms with E-state index in [1.54, 1.807) is 24.3 Å². The van der Waals surface area contributed by atoms with Crippen molar-refractivity contribution in [1.29, 1.82) is 0 Å². The Kier molecular flexibility index (Phi) is 4.32. The maximum atomic E-state index is 10.7. The number of hydrogen-bond acceptors (Lipinski definition) is 4. The van der Waals surface area contributed by atoms with Crippen molar-refractivity contribution >= 4 is 34.6 Å². The summed E-state index contributed by atoms with van der Waals surface area (Å²) in [7, 11) is 0. The van der Waals surface area contributed by atoms with Gasteiger partial charge in [0.2, 0.25) is 0 Å². The molecule has 2 aromatic carbocycles. The molecular weight excluding hydrogens is 303 g/mol. The highest BCUT2D eigenvalue weighted by Crippen LogP contribution is 2.29. The second kappa shape index (κ2) is 5.98. The predicted octanol–water partition coefficient (Wildman–Crippen LogP) is 4.06. The minimum Gasteiger partial charge on any atom is -0.487 e. The Bertz CT molecular complexity index is 662. The molecule has 0 amide bonds. The zero-order valence-corrected chi connectivity index (χ0v) is 11.7. The summed E-state index contributed by atoms with van der Waals surface area (Å²) in [6, 6.07) is 9.31. The number of nitro groups is 1. The lowest BCUT2D eigenvalue weighted by Gasteiger charge is -2.09. The maximum Gasteiger partial charge on any atom is 0.292 e. The summed E-state index contributed by atoms with van der Waals surface area (Å²) >= 11 is 11.8. The molecule has 0 spiro atoms. The van der Waals surface area contributed by atoms with Gasteiger partial charge < -0.3 is 10.5 Å². The highest BCUT2D eigenvalue weighted by atomic mass is 35.5. The normalized spacial score (nSPS) is 10.3. The number of nitrogens with zero attached hydrogens (tertiary/aromatic N) is 1. The first kappa shape index (κ1) is 14.4. The summed E-state index contributed by atoms with van der Waals surface area (Å²) in [6.07, 6.45) is 0. The largest absolute Gasteiger partial charge is 0.487 e. The van der Waals surface area contributed by atoms with Gasteiger partial charge in [-0.05, 0) is 35.9 Å². The monoisotopic (exact) mass is 312 g/mol. The topological polar surface area (TPSA) is 78.4 Å². The van der Waals surface area contributed by atoms with Crippen LogP contribution >= 0.6 is 23.2 Å². The van der Waals surface area contributed by atoms with Crippen molar-refractivity contribution in [1.82, 2.24) is 0 Å². The van der Waals surface area contributed by atoms with Gasteiger partial charge in [-0.15, -0.1) is 0 Å². The van der Waals surface area contributed by atoms with E-state index in [4.69, 9.17) is 33.7 Å². The average Bonchev–Trinajstić information content (AvgIpc) is 2.37. The molecule has 0 atom stereocenters. The van der Waals surface area contributed by atoms with Crippen molar-refractivity contribution in [3.05, 3.63) is 62.1 Å². The lowest BCUT2D eigenvalue weighted by molar-refractivity contribution is -0.383. The van der Waals surface area contributed by atoms with Crippen LogP contribution in [0.2, 0.25) is 10.0 Å². The minimum absolute atomic E-state index is 0.0957. The van der Waals surface area contributed by atoms with E-state index >= 15 is 0 Å². The molecule has 7 heteroatoms. The number of benzene rings is 2. The number of anilines is 1. The van der Waals surface area contributed by atoms with Gasteiger partial charge in [-0.2, -0.15) is 0 Å². The molecule has 0 unspecified atom stereocenters. The zero-order valence-electron chi connectivity index (χ0n) is 10.2. The molecule has 0 heterocycles. The number of nitrogen functional groups attached to an aromatic ring is 1. The molecule has 0 fully saturated rings. The van der Waals surface area contributed by atoms with E-state index in [1.165, 1.54) is 12.1 Å². The smallest absolute Gasteiger partial charge is 0.292 e. The van der Waals surface area contributed by atoms with Gasteiger partial charge in [0, 0.05) is 11.1 Å². The van der Waals surface area contributed by atoms with Gasteiger partial charge in [0.25, 0.3) is 5.69 Å². The van der Waals surface area contributed by atoms with Crippen LogP contribution in [0.3, 0.4) is 0 Å². The van der Waals surface area contributed by atoms with Crippen molar-refractivity contribution < 1.29 is 9.66 Å². The number of nitrogens with two attached hydrogens (primary N) is 1. The zero-order chi connectivity index (χ0) is 14.7. The molecule has 2 rings (SSSR count). The van der Waals surface area contributed by atoms with Crippen LogP contribution in [0.25, 0.3) is 0 Å². The summed E-state index contributed by atoms with van der Waals surface area (Å²) in [4.78, 5) is 10.1. The third-order valence-corrected chi connectivity index (χ3v) is 3.11. The molecular formula is C13H10Cl2N2O3. The van der Waals surface area contributed by atoms with E-state index in [0.717, 1.165) is 0 Å². The molecule has 0 aliphatic rings. The van der Waals surface area contributed by atoms with Gasteiger partial charge in [0.05, 0.1) is 9.95 Å². The number of hydrogen-bond donors (Lipinski definition) is 1. The highest BCUT2D eigenvalue weighted by molar-refractivity contribution is 6.35. The first-order chi connectivity index (χ1) is 9.47. The molecule has 0 aliphatic heterocycles. The van der Waals surface area contributed by atoms with Crippen molar-refractivity contribution in [3.8, 4) is 5.75 Å². The van der Waals surface area contributed by atoms with E-state index < -0.39 is 4.92 Å². The minimum atomic E-state index is -0.532.